The van der Waals surface area contributed by atoms with Crippen molar-refractivity contribution in [3.8, 4) is 0 Å². The van der Waals surface area contributed by atoms with E-state index in [0.717, 1.165) is 28.6 Å². The number of amides is 1. The summed E-state index contributed by atoms with van der Waals surface area (Å²) < 4.78 is 0. The number of anilines is 1. The maximum Gasteiger partial charge on any atom is 0.219 e. The molecule has 0 bridgehead atoms. The predicted molar refractivity (Wildman–Crippen MR) is 65.3 cm³/mol. The first-order valence-electron chi connectivity index (χ1n) is 5.13. The third-order valence-corrected chi connectivity index (χ3v) is 2.86. The fraction of sp³-hybridized carbons (Fsp3) is 0.0769. The third-order valence-electron chi connectivity index (χ3n) is 2.86. The van der Waals surface area contributed by atoms with Crippen molar-refractivity contribution in [1.82, 2.24) is 0 Å². The molecule has 0 saturated carbocycles. The van der Waals surface area contributed by atoms with Crippen LogP contribution in [0.2, 0.25) is 0 Å². The van der Waals surface area contributed by atoms with Crippen molar-refractivity contribution < 1.29 is 4.79 Å². The Bertz CT molecular complexity index is 611. The fourth-order valence-electron chi connectivity index (χ4n) is 2.13. The van der Waals surface area contributed by atoms with E-state index in [1.807, 2.05) is 43.3 Å². The lowest BCUT2D eigenvalue weighted by molar-refractivity contribution is -0.106. The molecule has 0 unspecified atom stereocenters. The number of hydrogen-bond acceptors (Lipinski definition) is 2. The Kier molecular flexibility index (Phi) is 1.80. The highest BCUT2D eigenvalue weighted by Crippen LogP contribution is 2.37. The maximum absolute atomic E-state index is 11.1. The Balaban J connectivity index is 2.46. The second kappa shape index (κ2) is 3.17. The zero-order valence-corrected chi connectivity index (χ0v) is 8.84. The van der Waals surface area contributed by atoms with E-state index >= 15 is 0 Å². The quantitative estimate of drug-likeness (QED) is 0.666. The Hall–Kier alpha value is -2.16. The number of rotatable bonds is 1. The molecule has 1 heterocycles. The average Bonchev–Trinajstić information content (AvgIpc) is 2.30. The van der Waals surface area contributed by atoms with Crippen LogP contribution in [0.4, 0.5) is 11.4 Å². The zero-order chi connectivity index (χ0) is 11.1. The van der Waals surface area contributed by atoms with Crippen molar-refractivity contribution in [2.75, 3.05) is 4.90 Å². The Morgan fingerprint density at radius 1 is 1.19 bits per heavy atom. The van der Waals surface area contributed by atoms with Crippen molar-refractivity contribution in [2.24, 2.45) is 4.99 Å². The lowest BCUT2D eigenvalue weighted by Gasteiger charge is -2.24. The molecule has 0 aromatic heterocycles. The number of carbonyl (C=O) groups excluding carboxylic acids is 1. The normalized spacial score (nSPS) is 13.8. The predicted octanol–water partition coefficient (Wildman–Crippen LogP) is 2.87. The second-order valence-electron chi connectivity index (χ2n) is 3.79. The number of benzene rings is 2. The van der Waals surface area contributed by atoms with E-state index in [2.05, 4.69) is 4.99 Å². The summed E-state index contributed by atoms with van der Waals surface area (Å²) in [6.07, 6.45) is 0.809. The van der Waals surface area contributed by atoms with E-state index in [0.29, 0.717) is 5.84 Å². The molecule has 16 heavy (non-hydrogen) atoms. The van der Waals surface area contributed by atoms with Crippen LogP contribution in [0, 0.1) is 0 Å². The molecule has 2 aromatic carbocycles. The second-order valence-corrected chi connectivity index (χ2v) is 3.79. The van der Waals surface area contributed by atoms with Gasteiger partial charge in [-0.05, 0) is 24.4 Å². The van der Waals surface area contributed by atoms with Crippen LogP contribution in [0.3, 0.4) is 0 Å². The van der Waals surface area contributed by atoms with Crippen molar-refractivity contribution in [3.05, 3.63) is 36.4 Å². The van der Waals surface area contributed by atoms with Gasteiger partial charge in [-0.15, -0.1) is 0 Å². The highest BCUT2D eigenvalue weighted by Gasteiger charge is 2.18. The summed E-state index contributed by atoms with van der Waals surface area (Å²) in [5.74, 6) is 0.709. The molecule has 0 spiro atoms. The zero-order valence-electron chi connectivity index (χ0n) is 8.84. The van der Waals surface area contributed by atoms with Gasteiger partial charge in [0, 0.05) is 5.39 Å². The highest BCUT2D eigenvalue weighted by atomic mass is 16.1. The number of hydrogen-bond donors (Lipinski definition) is 0. The minimum absolute atomic E-state index is 0.709. The molecule has 0 fully saturated rings. The summed E-state index contributed by atoms with van der Waals surface area (Å²) in [5, 5.41) is 2.15. The van der Waals surface area contributed by atoms with E-state index in [1.54, 1.807) is 4.90 Å². The van der Waals surface area contributed by atoms with Crippen molar-refractivity contribution in [1.29, 1.82) is 0 Å². The summed E-state index contributed by atoms with van der Waals surface area (Å²) in [5.41, 5.74) is 1.85. The highest BCUT2D eigenvalue weighted by molar-refractivity contribution is 6.20. The molecule has 0 radical (unpaired) electrons. The van der Waals surface area contributed by atoms with Crippen LogP contribution >= 0.6 is 0 Å². The molecule has 3 nitrogen and oxygen atoms in total. The summed E-state index contributed by atoms with van der Waals surface area (Å²) in [4.78, 5) is 17.1. The van der Waals surface area contributed by atoms with E-state index in [1.165, 1.54) is 0 Å². The first kappa shape index (κ1) is 9.09. The monoisotopic (exact) mass is 210 g/mol. The van der Waals surface area contributed by atoms with Gasteiger partial charge in [-0.2, -0.15) is 0 Å². The van der Waals surface area contributed by atoms with Crippen molar-refractivity contribution >= 4 is 34.4 Å². The standard InChI is InChI=1S/C13H10N2O/c1-9-14-11-6-2-4-10-5-3-7-12(13(10)11)15(9)8-16/h2-8H,1H3. The SMILES string of the molecule is CC1=Nc2cccc3cccc(c23)N1C=O. The molecule has 0 N–H and O–H groups in total. The number of nitrogens with zero attached hydrogens (tertiary/aromatic N) is 2. The number of amidine groups is 1. The van der Waals surface area contributed by atoms with Crippen LogP contribution in [-0.2, 0) is 4.79 Å². The van der Waals surface area contributed by atoms with Gasteiger partial charge in [0.1, 0.15) is 5.84 Å². The van der Waals surface area contributed by atoms with E-state index in [9.17, 15) is 4.79 Å². The van der Waals surface area contributed by atoms with Gasteiger partial charge in [-0.1, -0.05) is 24.3 Å². The molecular weight excluding hydrogens is 200 g/mol. The van der Waals surface area contributed by atoms with Crippen LogP contribution in [0.15, 0.2) is 41.4 Å². The largest absolute Gasteiger partial charge is 0.278 e. The van der Waals surface area contributed by atoms with Crippen LogP contribution < -0.4 is 4.90 Å². The van der Waals surface area contributed by atoms with Crippen molar-refractivity contribution in [2.45, 2.75) is 6.92 Å². The van der Waals surface area contributed by atoms with Gasteiger partial charge in [0.05, 0.1) is 11.4 Å². The van der Waals surface area contributed by atoms with Gasteiger partial charge in [0.15, 0.2) is 0 Å². The smallest absolute Gasteiger partial charge is 0.219 e. The Morgan fingerprint density at radius 2 is 1.94 bits per heavy atom. The fourth-order valence-corrected chi connectivity index (χ4v) is 2.13. The number of aliphatic imine (C=N–C) groups is 1. The Morgan fingerprint density at radius 3 is 2.69 bits per heavy atom. The van der Waals surface area contributed by atoms with Crippen LogP contribution in [0.1, 0.15) is 6.92 Å². The summed E-state index contributed by atoms with van der Waals surface area (Å²) in [6, 6.07) is 11.9. The molecule has 78 valence electrons. The molecule has 1 aliphatic rings. The first-order valence-corrected chi connectivity index (χ1v) is 5.13. The van der Waals surface area contributed by atoms with Gasteiger partial charge in [-0.25, -0.2) is 4.99 Å². The molecule has 3 rings (SSSR count). The number of carbonyl (C=O) groups is 1. The molecule has 3 heteroatoms. The van der Waals surface area contributed by atoms with E-state index < -0.39 is 0 Å². The molecule has 0 aliphatic carbocycles. The van der Waals surface area contributed by atoms with Crippen molar-refractivity contribution in [3.63, 3.8) is 0 Å². The molecule has 0 atom stereocenters. The topological polar surface area (TPSA) is 32.7 Å². The minimum Gasteiger partial charge on any atom is -0.278 e. The van der Waals surface area contributed by atoms with E-state index in [-0.39, 0.29) is 0 Å². The average molecular weight is 210 g/mol. The van der Waals surface area contributed by atoms with Gasteiger partial charge in [-0.3, -0.25) is 9.69 Å². The summed E-state index contributed by atoms with van der Waals surface area (Å²) in [7, 11) is 0. The van der Waals surface area contributed by atoms with E-state index in [4.69, 9.17) is 0 Å². The van der Waals surface area contributed by atoms with Crippen LogP contribution in [-0.4, -0.2) is 12.2 Å². The van der Waals surface area contributed by atoms with Gasteiger partial charge in [0.25, 0.3) is 0 Å². The lowest BCUT2D eigenvalue weighted by atomic mass is 10.0. The molecule has 1 aliphatic heterocycles. The molecule has 0 saturated heterocycles. The first-order chi connectivity index (χ1) is 7.81. The van der Waals surface area contributed by atoms with Gasteiger partial charge in [0.2, 0.25) is 6.41 Å². The Labute approximate surface area is 93.0 Å². The third kappa shape index (κ3) is 1.08. The van der Waals surface area contributed by atoms with Gasteiger partial charge >= 0.3 is 0 Å². The summed E-state index contributed by atoms with van der Waals surface area (Å²) >= 11 is 0. The molecular formula is C13H10N2O. The summed E-state index contributed by atoms with van der Waals surface area (Å²) in [6.45, 7) is 1.84. The molecule has 2 aromatic rings. The minimum atomic E-state index is 0.709. The van der Waals surface area contributed by atoms with Crippen LogP contribution in [0.25, 0.3) is 10.8 Å². The lowest BCUT2D eigenvalue weighted by Crippen LogP contribution is -2.28. The van der Waals surface area contributed by atoms with Gasteiger partial charge < -0.3 is 0 Å². The van der Waals surface area contributed by atoms with Crippen LogP contribution in [0.5, 0.6) is 0 Å². The maximum atomic E-state index is 11.1. The molecule has 1 amide bonds.